The van der Waals surface area contributed by atoms with Crippen LogP contribution in [0.3, 0.4) is 0 Å². The van der Waals surface area contributed by atoms with Gasteiger partial charge in [-0.25, -0.2) is 0 Å². The first-order valence-corrected chi connectivity index (χ1v) is 12.9. The van der Waals surface area contributed by atoms with Gasteiger partial charge in [0.25, 0.3) is 0 Å². The van der Waals surface area contributed by atoms with Crippen LogP contribution >= 0.6 is 23.1 Å². The number of anilines is 1. The summed E-state index contributed by atoms with van der Waals surface area (Å²) >= 11 is 2.81. The number of hydrogen-bond donors (Lipinski definition) is 1. The van der Waals surface area contributed by atoms with Gasteiger partial charge in [0.15, 0.2) is 11.0 Å². The van der Waals surface area contributed by atoms with Gasteiger partial charge < -0.3 is 4.74 Å². The molecular weight excluding hydrogens is 456 g/mol. The van der Waals surface area contributed by atoms with Crippen LogP contribution in [0.2, 0.25) is 0 Å². The maximum absolute atomic E-state index is 12.5. The molecule has 2 heterocycles. The molecule has 3 aromatic rings. The minimum atomic E-state index is -0.141. The van der Waals surface area contributed by atoms with Gasteiger partial charge in [-0.2, -0.15) is 0 Å². The van der Waals surface area contributed by atoms with Crippen LogP contribution < -0.4 is 10.1 Å². The fourth-order valence-electron chi connectivity index (χ4n) is 3.79. The van der Waals surface area contributed by atoms with E-state index in [1.54, 1.807) is 6.08 Å². The first kappa shape index (κ1) is 23.4. The summed E-state index contributed by atoms with van der Waals surface area (Å²) in [7, 11) is 0. The highest BCUT2D eigenvalue weighted by Crippen LogP contribution is 2.35. The van der Waals surface area contributed by atoms with Crippen molar-refractivity contribution in [3.05, 3.63) is 53.3 Å². The lowest BCUT2D eigenvalue weighted by Gasteiger charge is -2.18. The lowest BCUT2D eigenvalue weighted by molar-refractivity contribution is -0.113. The van der Waals surface area contributed by atoms with E-state index < -0.39 is 0 Å². The molecule has 10 heteroatoms. The highest BCUT2D eigenvalue weighted by Gasteiger charge is 2.20. The summed E-state index contributed by atoms with van der Waals surface area (Å²) in [5, 5.41) is 22.1. The molecule has 0 radical (unpaired) electrons. The number of benzene rings is 1. The van der Waals surface area contributed by atoms with Crippen molar-refractivity contribution < 1.29 is 9.53 Å². The van der Waals surface area contributed by atoms with Crippen LogP contribution in [0.1, 0.15) is 54.4 Å². The van der Waals surface area contributed by atoms with Crippen LogP contribution in [0.15, 0.2) is 42.1 Å². The number of nitrogens with zero attached hydrogens (tertiary/aromatic N) is 5. The fourth-order valence-corrected chi connectivity index (χ4v) is 5.49. The summed E-state index contributed by atoms with van der Waals surface area (Å²) in [6.07, 6.45) is 7.88. The molecule has 0 atom stereocenters. The van der Waals surface area contributed by atoms with Crippen LogP contribution in [0.25, 0.3) is 0 Å². The first-order valence-electron chi connectivity index (χ1n) is 11.1. The number of carbonyl (C=O) groups is 1. The highest BCUT2D eigenvalue weighted by molar-refractivity contribution is 7.99. The highest BCUT2D eigenvalue weighted by atomic mass is 32.2. The molecule has 174 valence electrons. The molecule has 33 heavy (non-hydrogen) atoms. The monoisotopic (exact) mass is 484 g/mol. The van der Waals surface area contributed by atoms with Gasteiger partial charge in [0.1, 0.15) is 17.4 Å². The molecule has 1 saturated carbocycles. The molecule has 0 unspecified atom stereocenters. The van der Waals surface area contributed by atoms with Gasteiger partial charge in [0.05, 0.1) is 5.75 Å². The summed E-state index contributed by atoms with van der Waals surface area (Å²) in [5.41, 5.74) is 1.06. The molecule has 1 aromatic carbocycles. The number of nitrogens with one attached hydrogen (secondary N) is 1. The predicted molar refractivity (Wildman–Crippen MR) is 131 cm³/mol. The van der Waals surface area contributed by atoms with Crippen LogP contribution in [0.5, 0.6) is 5.75 Å². The first-order chi connectivity index (χ1) is 16.1. The van der Waals surface area contributed by atoms with Crippen molar-refractivity contribution in [2.24, 2.45) is 0 Å². The van der Waals surface area contributed by atoms with Gasteiger partial charge in [0.2, 0.25) is 11.0 Å². The Hall–Kier alpha value is -2.72. The number of para-hydroxylation sites is 1. The molecule has 4 rings (SSSR count). The van der Waals surface area contributed by atoms with Crippen molar-refractivity contribution in [2.75, 3.05) is 11.1 Å². The van der Waals surface area contributed by atoms with Crippen molar-refractivity contribution >= 4 is 34.1 Å². The van der Waals surface area contributed by atoms with Crippen LogP contribution in [0, 0.1) is 6.92 Å². The van der Waals surface area contributed by atoms with Crippen LogP contribution in [-0.2, 0) is 17.9 Å². The molecule has 0 saturated heterocycles. The second-order valence-electron chi connectivity index (χ2n) is 7.97. The average molecular weight is 485 g/mol. The Morgan fingerprint density at radius 2 is 2.06 bits per heavy atom. The molecule has 1 aliphatic carbocycles. The largest absolute Gasteiger partial charge is 0.485 e. The SMILES string of the molecule is C=CCn1c(COc2ccccc2C)nnc1SCC(=O)Nc1nnc(C2CCCCC2)s1. The fraction of sp³-hybridized carbons (Fsp3) is 0.435. The number of allylic oxidation sites excluding steroid dienone is 1. The lowest BCUT2D eigenvalue weighted by atomic mass is 9.90. The Labute approximate surface area is 201 Å². The Kier molecular flexibility index (Phi) is 8.11. The Bertz CT molecular complexity index is 1090. The maximum atomic E-state index is 12.5. The van der Waals surface area contributed by atoms with E-state index in [0.717, 1.165) is 29.2 Å². The van der Waals surface area contributed by atoms with Crippen molar-refractivity contribution in [1.82, 2.24) is 25.0 Å². The van der Waals surface area contributed by atoms with Crippen molar-refractivity contribution in [3.8, 4) is 5.75 Å². The standard InChI is InChI=1S/C23H28N6O2S2/c1-3-13-29-19(14-31-18-12-8-7-9-16(18)2)25-28-23(29)32-15-20(30)24-22-27-26-21(33-22)17-10-5-4-6-11-17/h3,7-9,12,17H,1,4-6,10-11,13-15H2,2H3,(H,24,27,30). The molecule has 1 aliphatic rings. The summed E-state index contributed by atoms with van der Waals surface area (Å²) in [4.78, 5) is 12.5. The molecular formula is C23H28N6O2S2. The summed E-state index contributed by atoms with van der Waals surface area (Å²) in [5.74, 6) is 2.03. The smallest absolute Gasteiger partial charge is 0.236 e. The Balaban J connectivity index is 1.33. The molecule has 0 spiro atoms. The number of thioether (sulfide) groups is 1. The molecule has 8 nitrogen and oxygen atoms in total. The van der Waals surface area contributed by atoms with E-state index in [1.807, 2.05) is 35.8 Å². The van der Waals surface area contributed by atoms with E-state index in [1.165, 1.54) is 42.4 Å². The number of ether oxygens (including phenoxy) is 1. The van der Waals surface area contributed by atoms with E-state index in [0.29, 0.717) is 28.6 Å². The topological polar surface area (TPSA) is 94.8 Å². The molecule has 1 amide bonds. The second kappa shape index (κ2) is 11.4. The zero-order valence-electron chi connectivity index (χ0n) is 18.7. The van der Waals surface area contributed by atoms with Crippen molar-refractivity contribution in [2.45, 2.75) is 63.3 Å². The van der Waals surface area contributed by atoms with Crippen LogP contribution in [0.4, 0.5) is 5.13 Å². The van der Waals surface area contributed by atoms with Gasteiger partial charge in [-0.15, -0.1) is 27.0 Å². The van der Waals surface area contributed by atoms with E-state index >= 15 is 0 Å². The number of rotatable bonds is 10. The van der Waals surface area contributed by atoms with Gasteiger partial charge in [-0.3, -0.25) is 14.7 Å². The van der Waals surface area contributed by atoms with Crippen LogP contribution in [-0.4, -0.2) is 36.6 Å². The number of amides is 1. The van der Waals surface area contributed by atoms with E-state index in [9.17, 15) is 4.79 Å². The summed E-state index contributed by atoms with van der Waals surface area (Å²) in [6.45, 7) is 6.64. The molecule has 1 fully saturated rings. The van der Waals surface area contributed by atoms with Gasteiger partial charge in [-0.1, -0.05) is 66.6 Å². The lowest BCUT2D eigenvalue weighted by Crippen LogP contribution is -2.15. The molecule has 0 bridgehead atoms. The zero-order chi connectivity index (χ0) is 23.0. The van der Waals surface area contributed by atoms with E-state index in [4.69, 9.17) is 4.74 Å². The maximum Gasteiger partial charge on any atom is 0.236 e. The second-order valence-corrected chi connectivity index (χ2v) is 9.92. The third kappa shape index (κ3) is 6.20. The Morgan fingerprint density at radius 1 is 1.24 bits per heavy atom. The Morgan fingerprint density at radius 3 is 2.85 bits per heavy atom. The van der Waals surface area contributed by atoms with Gasteiger partial charge in [0, 0.05) is 12.5 Å². The summed E-state index contributed by atoms with van der Waals surface area (Å²) < 4.78 is 7.83. The number of hydrogen-bond acceptors (Lipinski definition) is 8. The van der Waals surface area contributed by atoms with Crippen molar-refractivity contribution in [1.29, 1.82) is 0 Å². The number of carbonyl (C=O) groups excluding carboxylic acids is 1. The third-order valence-electron chi connectivity index (χ3n) is 5.53. The van der Waals surface area contributed by atoms with Gasteiger partial charge >= 0.3 is 0 Å². The number of aromatic nitrogens is 5. The quantitative estimate of drug-likeness (QED) is 0.320. The van der Waals surface area contributed by atoms with E-state index in [-0.39, 0.29) is 18.3 Å². The van der Waals surface area contributed by atoms with Gasteiger partial charge in [-0.05, 0) is 31.4 Å². The normalized spacial score (nSPS) is 14.2. The van der Waals surface area contributed by atoms with Crippen molar-refractivity contribution in [3.63, 3.8) is 0 Å². The minimum Gasteiger partial charge on any atom is -0.485 e. The summed E-state index contributed by atoms with van der Waals surface area (Å²) in [6, 6.07) is 7.84. The third-order valence-corrected chi connectivity index (χ3v) is 7.50. The average Bonchev–Trinajstić information content (AvgIpc) is 3.45. The number of aryl methyl sites for hydroxylation is 1. The van der Waals surface area contributed by atoms with E-state index in [2.05, 4.69) is 32.3 Å². The predicted octanol–water partition coefficient (Wildman–Crippen LogP) is 4.98. The minimum absolute atomic E-state index is 0.141. The zero-order valence-corrected chi connectivity index (χ0v) is 20.3. The molecule has 0 aliphatic heterocycles. The molecule has 1 N–H and O–H groups in total. The molecule has 2 aromatic heterocycles.